The first-order valence-electron chi connectivity index (χ1n) is 3.50. The first kappa shape index (κ1) is 11.8. The van der Waals surface area contributed by atoms with Gasteiger partial charge in [0, 0.05) is 12.1 Å². The SMILES string of the molecule is COS(=O)(=O)Oc1c(F)cc(F)cc1F. The molecule has 84 valence electrons. The Morgan fingerprint density at radius 3 is 2.00 bits per heavy atom. The smallest absolute Gasteiger partial charge is 0.355 e. The second-order valence-corrected chi connectivity index (χ2v) is 3.67. The maximum absolute atomic E-state index is 12.9. The van der Waals surface area contributed by atoms with Crippen LogP contribution in [0, 0.1) is 17.5 Å². The highest BCUT2D eigenvalue weighted by atomic mass is 32.3. The van der Waals surface area contributed by atoms with E-state index < -0.39 is 33.6 Å². The van der Waals surface area contributed by atoms with Crippen LogP contribution >= 0.6 is 0 Å². The van der Waals surface area contributed by atoms with E-state index in [2.05, 4.69) is 8.37 Å². The highest BCUT2D eigenvalue weighted by molar-refractivity contribution is 7.82. The lowest BCUT2D eigenvalue weighted by atomic mass is 10.3. The lowest BCUT2D eigenvalue weighted by molar-refractivity contribution is 0.317. The topological polar surface area (TPSA) is 52.6 Å². The number of rotatable bonds is 3. The summed E-state index contributed by atoms with van der Waals surface area (Å²) < 4.78 is 67.2. The van der Waals surface area contributed by atoms with E-state index in [0.29, 0.717) is 0 Å². The Labute approximate surface area is 83.6 Å². The van der Waals surface area contributed by atoms with Crippen molar-refractivity contribution in [3.8, 4) is 5.75 Å². The van der Waals surface area contributed by atoms with Crippen LogP contribution < -0.4 is 4.18 Å². The number of hydrogen-bond donors (Lipinski definition) is 0. The van der Waals surface area contributed by atoms with Crippen molar-refractivity contribution >= 4 is 10.4 Å². The second-order valence-electron chi connectivity index (χ2n) is 2.36. The van der Waals surface area contributed by atoms with Crippen LogP contribution in [-0.2, 0) is 14.6 Å². The summed E-state index contributed by atoms with van der Waals surface area (Å²) >= 11 is 0. The van der Waals surface area contributed by atoms with Crippen LogP contribution in [0.4, 0.5) is 13.2 Å². The molecular weight excluding hydrogens is 237 g/mol. The zero-order chi connectivity index (χ0) is 11.6. The molecule has 0 aliphatic rings. The van der Waals surface area contributed by atoms with Crippen LogP contribution in [0.25, 0.3) is 0 Å². The van der Waals surface area contributed by atoms with Crippen molar-refractivity contribution in [1.29, 1.82) is 0 Å². The molecule has 8 heteroatoms. The predicted molar refractivity (Wildman–Crippen MR) is 42.9 cm³/mol. The van der Waals surface area contributed by atoms with E-state index in [1.165, 1.54) is 0 Å². The predicted octanol–water partition coefficient (Wildman–Crippen LogP) is 1.37. The Morgan fingerprint density at radius 2 is 1.60 bits per heavy atom. The molecule has 0 fully saturated rings. The summed E-state index contributed by atoms with van der Waals surface area (Å²) in [6.45, 7) is 0. The van der Waals surface area contributed by atoms with Gasteiger partial charge >= 0.3 is 10.4 Å². The van der Waals surface area contributed by atoms with Crippen molar-refractivity contribution in [3.05, 3.63) is 29.6 Å². The summed E-state index contributed by atoms with van der Waals surface area (Å²) in [5, 5.41) is 0. The standard InChI is InChI=1S/C7H5F3O4S/c1-13-15(11,12)14-7-5(9)2-4(8)3-6(7)10/h2-3H,1H3. The van der Waals surface area contributed by atoms with Gasteiger partial charge < -0.3 is 4.18 Å². The molecule has 1 rings (SSSR count). The Morgan fingerprint density at radius 1 is 1.13 bits per heavy atom. The molecule has 0 saturated heterocycles. The monoisotopic (exact) mass is 242 g/mol. The van der Waals surface area contributed by atoms with Gasteiger partial charge in [-0.3, -0.25) is 0 Å². The van der Waals surface area contributed by atoms with Gasteiger partial charge in [-0.05, 0) is 0 Å². The van der Waals surface area contributed by atoms with E-state index in [9.17, 15) is 21.6 Å². The van der Waals surface area contributed by atoms with Crippen molar-refractivity contribution in [2.75, 3.05) is 7.11 Å². The van der Waals surface area contributed by atoms with Crippen LogP contribution in [0.5, 0.6) is 5.75 Å². The minimum atomic E-state index is -4.53. The zero-order valence-corrected chi connectivity index (χ0v) is 8.15. The summed E-state index contributed by atoms with van der Waals surface area (Å²) in [5.41, 5.74) is 0. The van der Waals surface area contributed by atoms with Gasteiger partial charge in [-0.25, -0.2) is 17.4 Å². The number of benzene rings is 1. The minimum absolute atomic E-state index is 0.281. The molecule has 1 aromatic carbocycles. The van der Waals surface area contributed by atoms with Crippen molar-refractivity contribution in [2.45, 2.75) is 0 Å². The molecule has 0 amide bonds. The fraction of sp³-hybridized carbons (Fsp3) is 0.143. The minimum Gasteiger partial charge on any atom is -0.355 e. The van der Waals surface area contributed by atoms with Gasteiger partial charge in [0.1, 0.15) is 5.82 Å². The third-order valence-electron chi connectivity index (χ3n) is 1.35. The van der Waals surface area contributed by atoms with Gasteiger partial charge in [-0.15, -0.1) is 0 Å². The van der Waals surface area contributed by atoms with Crippen molar-refractivity contribution in [3.63, 3.8) is 0 Å². The molecular formula is C7H5F3O4S. The molecule has 0 aliphatic heterocycles. The van der Waals surface area contributed by atoms with Crippen molar-refractivity contribution in [1.82, 2.24) is 0 Å². The molecule has 15 heavy (non-hydrogen) atoms. The lowest BCUT2D eigenvalue weighted by Gasteiger charge is -2.06. The Hall–Kier alpha value is -1.28. The third kappa shape index (κ3) is 2.83. The molecule has 1 aromatic rings. The largest absolute Gasteiger partial charge is 0.448 e. The van der Waals surface area contributed by atoms with Crippen LogP contribution in [0.1, 0.15) is 0 Å². The highest BCUT2D eigenvalue weighted by Gasteiger charge is 2.20. The Kier molecular flexibility index (Phi) is 3.20. The van der Waals surface area contributed by atoms with E-state index in [-0.39, 0.29) is 12.1 Å². The van der Waals surface area contributed by atoms with E-state index in [1.807, 2.05) is 0 Å². The average molecular weight is 242 g/mol. The summed E-state index contributed by atoms with van der Waals surface area (Å²) in [4.78, 5) is 0. The molecule has 0 spiro atoms. The van der Waals surface area contributed by atoms with Crippen LogP contribution in [0.2, 0.25) is 0 Å². The molecule has 0 N–H and O–H groups in total. The molecule has 0 atom stereocenters. The summed E-state index contributed by atoms with van der Waals surface area (Å²) in [6.07, 6.45) is 0. The molecule has 0 aromatic heterocycles. The number of halogens is 3. The van der Waals surface area contributed by atoms with E-state index >= 15 is 0 Å². The molecule has 0 saturated carbocycles. The lowest BCUT2D eigenvalue weighted by Crippen LogP contribution is -2.12. The van der Waals surface area contributed by atoms with Crippen LogP contribution in [-0.4, -0.2) is 15.5 Å². The van der Waals surface area contributed by atoms with E-state index in [1.54, 1.807) is 0 Å². The fourth-order valence-electron chi connectivity index (χ4n) is 0.745. The summed E-state index contributed by atoms with van der Waals surface area (Å²) in [5.74, 6) is -5.38. The number of hydrogen-bond acceptors (Lipinski definition) is 4. The maximum atomic E-state index is 12.9. The van der Waals surface area contributed by atoms with Gasteiger partial charge in [-0.2, -0.15) is 8.42 Å². The maximum Gasteiger partial charge on any atom is 0.448 e. The third-order valence-corrected chi connectivity index (χ3v) is 2.13. The van der Waals surface area contributed by atoms with Crippen LogP contribution in [0.3, 0.4) is 0 Å². The normalized spacial score (nSPS) is 11.5. The first-order valence-corrected chi connectivity index (χ1v) is 4.83. The van der Waals surface area contributed by atoms with Gasteiger partial charge in [-0.1, -0.05) is 0 Å². The molecule has 0 heterocycles. The summed E-state index contributed by atoms with van der Waals surface area (Å²) in [6, 6.07) is 0.563. The molecule has 4 nitrogen and oxygen atoms in total. The van der Waals surface area contributed by atoms with Gasteiger partial charge in [0.25, 0.3) is 0 Å². The zero-order valence-electron chi connectivity index (χ0n) is 7.33. The van der Waals surface area contributed by atoms with Gasteiger partial charge in [0.2, 0.25) is 5.75 Å². The average Bonchev–Trinajstić information content (AvgIpc) is 2.11. The Balaban J connectivity index is 3.17. The van der Waals surface area contributed by atoms with Gasteiger partial charge in [0.15, 0.2) is 11.6 Å². The van der Waals surface area contributed by atoms with Crippen molar-refractivity contribution < 1.29 is 30.0 Å². The fourth-order valence-corrected chi connectivity index (χ4v) is 1.18. The van der Waals surface area contributed by atoms with Crippen LogP contribution in [0.15, 0.2) is 12.1 Å². The summed E-state index contributed by atoms with van der Waals surface area (Å²) in [7, 11) is -3.79. The molecule has 0 unspecified atom stereocenters. The van der Waals surface area contributed by atoms with E-state index in [0.717, 1.165) is 7.11 Å². The molecule has 0 aliphatic carbocycles. The first-order chi connectivity index (χ1) is 6.85. The van der Waals surface area contributed by atoms with Gasteiger partial charge in [0.05, 0.1) is 7.11 Å². The highest BCUT2D eigenvalue weighted by Crippen LogP contribution is 2.24. The molecule has 0 bridgehead atoms. The molecule has 0 radical (unpaired) electrons. The van der Waals surface area contributed by atoms with Crippen molar-refractivity contribution in [2.24, 2.45) is 0 Å². The quantitative estimate of drug-likeness (QED) is 0.803. The van der Waals surface area contributed by atoms with E-state index in [4.69, 9.17) is 0 Å². The second kappa shape index (κ2) is 4.07. The Bertz CT molecular complexity index is 448.